The lowest BCUT2D eigenvalue weighted by atomic mass is 10.4. The van der Waals surface area contributed by atoms with Gasteiger partial charge >= 0.3 is 0 Å². The van der Waals surface area contributed by atoms with E-state index in [1.54, 1.807) is 31.4 Å². The SMILES string of the molecule is COCCCNc1ccc(NS(=O)(=O)c2cccc(Cl)c2)cn1. The zero-order valence-electron chi connectivity index (χ0n) is 12.6. The van der Waals surface area contributed by atoms with Crippen LogP contribution in [-0.4, -0.2) is 33.7 Å². The second kappa shape index (κ2) is 8.14. The molecule has 0 aliphatic heterocycles. The molecule has 0 bridgehead atoms. The van der Waals surface area contributed by atoms with E-state index in [-0.39, 0.29) is 4.90 Å². The molecule has 0 radical (unpaired) electrons. The zero-order valence-corrected chi connectivity index (χ0v) is 14.2. The van der Waals surface area contributed by atoms with E-state index >= 15 is 0 Å². The molecule has 124 valence electrons. The fraction of sp³-hybridized carbons (Fsp3) is 0.267. The summed E-state index contributed by atoms with van der Waals surface area (Å²) in [5.74, 6) is 0.673. The summed E-state index contributed by atoms with van der Waals surface area (Å²) in [6, 6.07) is 9.43. The maximum Gasteiger partial charge on any atom is 0.261 e. The van der Waals surface area contributed by atoms with E-state index in [2.05, 4.69) is 15.0 Å². The Morgan fingerprint density at radius 3 is 2.74 bits per heavy atom. The lowest BCUT2D eigenvalue weighted by molar-refractivity contribution is 0.198. The van der Waals surface area contributed by atoms with E-state index in [1.807, 2.05) is 0 Å². The summed E-state index contributed by atoms with van der Waals surface area (Å²) in [6.45, 7) is 1.40. The second-order valence-electron chi connectivity index (χ2n) is 4.77. The summed E-state index contributed by atoms with van der Waals surface area (Å²) in [6.07, 6.45) is 2.32. The van der Waals surface area contributed by atoms with Crippen LogP contribution in [0.1, 0.15) is 6.42 Å². The highest BCUT2D eigenvalue weighted by molar-refractivity contribution is 7.92. The number of halogens is 1. The molecule has 0 saturated heterocycles. The molecule has 23 heavy (non-hydrogen) atoms. The Morgan fingerprint density at radius 1 is 1.26 bits per heavy atom. The van der Waals surface area contributed by atoms with Gasteiger partial charge < -0.3 is 10.1 Å². The number of pyridine rings is 1. The van der Waals surface area contributed by atoms with Gasteiger partial charge in [-0.25, -0.2) is 13.4 Å². The number of sulfonamides is 1. The number of nitrogens with zero attached hydrogens (tertiary/aromatic N) is 1. The third kappa shape index (κ3) is 5.38. The predicted molar refractivity (Wildman–Crippen MR) is 91.5 cm³/mol. The van der Waals surface area contributed by atoms with E-state index < -0.39 is 10.0 Å². The topological polar surface area (TPSA) is 80.3 Å². The predicted octanol–water partition coefficient (Wildman–Crippen LogP) is 2.98. The lowest BCUT2D eigenvalue weighted by Crippen LogP contribution is -2.13. The van der Waals surface area contributed by atoms with Crippen LogP contribution in [0.5, 0.6) is 0 Å². The first kappa shape index (κ1) is 17.5. The van der Waals surface area contributed by atoms with Crippen molar-refractivity contribution in [3.05, 3.63) is 47.6 Å². The maximum atomic E-state index is 12.3. The van der Waals surface area contributed by atoms with Crippen LogP contribution in [0, 0.1) is 0 Å². The summed E-state index contributed by atoms with van der Waals surface area (Å²) >= 11 is 5.82. The Morgan fingerprint density at radius 2 is 2.09 bits per heavy atom. The van der Waals surface area contributed by atoms with Crippen LogP contribution in [0.15, 0.2) is 47.5 Å². The molecule has 1 aromatic carbocycles. The van der Waals surface area contributed by atoms with Gasteiger partial charge in [-0.15, -0.1) is 0 Å². The van der Waals surface area contributed by atoms with Gasteiger partial charge in [0.05, 0.1) is 16.8 Å². The van der Waals surface area contributed by atoms with Crippen molar-refractivity contribution in [2.24, 2.45) is 0 Å². The molecule has 0 fully saturated rings. The number of nitrogens with one attached hydrogen (secondary N) is 2. The molecular weight excluding hydrogens is 338 g/mol. The molecular formula is C15H18ClN3O3S. The van der Waals surface area contributed by atoms with E-state index in [1.165, 1.54) is 18.3 Å². The van der Waals surface area contributed by atoms with Crippen LogP contribution >= 0.6 is 11.6 Å². The minimum absolute atomic E-state index is 0.103. The average molecular weight is 356 g/mol. The van der Waals surface area contributed by atoms with Gasteiger partial charge in [-0.3, -0.25) is 4.72 Å². The summed E-state index contributed by atoms with van der Waals surface area (Å²) in [4.78, 5) is 4.27. The molecule has 1 heterocycles. The Labute approximate surface area is 140 Å². The molecule has 2 aromatic rings. The van der Waals surface area contributed by atoms with Gasteiger partial charge in [0, 0.05) is 25.3 Å². The number of anilines is 2. The summed E-state index contributed by atoms with van der Waals surface area (Å²) in [7, 11) is -2.03. The van der Waals surface area contributed by atoms with Crippen molar-refractivity contribution in [2.45, 2.75) is 11.3 Å². The van der Waals surface area contributed by atoms with Crippen molar-refractivity contribution in [1.29, 1.82) is 0 Å². The first-order valence-corrected chi connectivity index (χ1v) is 8.84. The average Bonchev–Trinajstić information content (AvgIpc) is 2.53. The summed E-state index contributed by atoms with van der Waals surface area (Å²) in [5, 5.41) is 3.49. The highest BCUT2D eigenvalue weighted by Crippen LogP contribution is 2.19. The van der Waals surface area contributed by atoms with Gasteiger partial charge in [0.1, 0.15) is 5.82 Å². The van der Waals surface area contributed by atoms with E-state index in [9.17, 15) is 8.42 Å². The molecule has 0 aliphatic carbocycles. The maximum absolute atomic E-state index is 12.3. The fourth-order valence-electron chi connectivity index (χ4n) is 1.84. The third-order valence-corrected chi connectivity index (χ3v) is 4.57. The number of hydrogen-bond donors (Lipinski definition) is 2. The largest absolute Gasteiger partial charge is 0.385 e. The normalized spacial score (nSPS) is 11.2. The van der Waals surface area contributed by atoms with E-state index in [0.717, 1.165) is 13.0 Å². The van der Waals surface area contributed by atoms with Crippen molar-refractivity contribution >= 4 is 33.1 Å². The standard InChI is InChI=1S/C15H18ClN3O3S/c1-22-9-3-8-17-15-7-6-13(11-18-15)19-23(20,21)14-5-2-4-12(16)10-14/h2,4-7,10-11,19H,3,8-9H2,1H3,(H,17,18). The number of hydrogen-bond acceptors (Lipinski definition) is 5. The van der Waals surface area contributed by atoms with Crippen LogP contribution in [0.25, 0.3) is 0 Å². The van der Waals surface area contributed by atoms with Crippen LogP contribution in [-0.2, 0) is 14.8 Å². The minimum atomic E-state index is -3.68. The molecule has 1 aromatic heterocycles. The van der Waals surface area contributed by atoms with Crippen LogP contribution in [0.2, 0.25) is 5.02 Å². The van der Waals surface area contributed by atoms with Gasteiger partial charge in [-0.05, 0) is 36.8 Å². The van der Waals surface area contributed by atoms with Crippen molar-refractivity contribution in [2.75, 3.05) is 30.3 Å². The molecule has 0 saturated carbocycles. The molecule has 0 atom stereocenters. The molecule has 2 rings (SSSR count). The zero-order chi connectivity index (χ0) is 16.7. The first-order valence-electron chi connectivity index (χ1n) is 6.98. The van der Waals surface area contributed by atoms with Crippen molar-refractivity contribution in [3.8, 4) is 0 Å². The van der Waals surface area contributed by atoms with E-state index in [4.69, 9.17) is 16.3 Å². The Bertz CT molecular complexity index is 736. The molecule has 0 unspecified atom stereocenters. The second-order valence-corrected chi connectivity index (χ2v) is 6.89. The number of benzene rings is 1. The van der Waals surface area contributed by atoms with Gasteiger partial charge in [-0.1, -0.05) is 17.7 Å². The Kier molecular flexibility index (Phi) is 6.20. The minimum Gasteiger partial charge on any atom is -0.385 e. The number of rotatable bonds is 8. The fourth-order valence-corrected chi connectivity index (χ4v) is 3.18. The molecule has 6 nitrogen and oxygen atoms in total. The summed E-state index contributed by atoms with van der Waals surface area (Å²) < 4.78 is 31.9. The van der Waals surface area contributed by atoms with Gasteiger partial charge in [0.25, 0.3) is 10.0 Å². The smallest absolute Gasteiger partial charge is 0.261 e. The van der Waals surface area contributed by atoms with Crippen LogP contribution in [0.3, 0.4) is 0 Å². The quantitative estimate of drug-likeness (QED) is 0.711. The van der Waals surface area contributed by atoms with E-state index in [0.29, 0.717) is 23.1 Å². The van der Waals surface area contributed by atoms with Gasteiger partial charge in [0.2, 0.25) is 0 Å². The van der Waals surface area contributed by atoms with Crippen LogP contribution < -0.4 is 10.0 Å². The first-order chi connectivity index (χ1) is 11.0. The highest BCUT2D eigenvalue weighted by Gasteiger charge is 2.14. The van der Waals surface area contributed by atoms with Crippen molar-refractivity contribution in [1.82, 2.24) is 4.98 Å². The summed E-state index contributed by atoms with van der Waals surface area (Å²) in [5.41, 5.74) is 0.382. The Hall–Kier alpha value is -1.83. The van der Waals surface area contributed by atoms with Gasteiger partial charge in [0.15, 0.2) is 0 Å². The highest BCUT2D eigenvalue weighted by atomic mass is 35.5. The monoisotopic (exact) mass is 355 g/mol. The molecule has 2 N–H and O–H groups in total. The Balaban J connectivity index is 2.00. The van der Waals surface area contributed by atoms with Gasteiger partial charge in [-0.2, -0.15) is 0 Å². The lowest BCUT2D eigenvalue weighted by Gasteiger charge is -2.09. The van der Waals surface area contributed by atoms with Crippen molar-refractivity contribution < 1.29 is 13.2 Å². The number of ether oxygens (including phenoxy) is 1. The number of methoxy groups -OCH3 is 1. The molecule has 0 aliphatic rings. The third-order valence-electron chi connectivity index (χ3n) is 2.95. The van der Waals surface area contributed by atoms with Crippen LogP contribution in [0.4, 0.5) is 11.5 Å². The molecule has 0 amide bonds. The molecule has 0 spiro atoms. The van der Waals surface area contributed by atoms with Crippen molar-refractivity contribution in [3.63, 3.8) is 0 Å². The number of aromatic nitrogens is 1. The molecule has 8 heteroatoms.